The summed E-state index contributed by atoms with van der Waals surface area (Å²) in [5, 5.41) is 3.11. The van der Waals surface area contributed by atoms with Crippen LogP contribution >= 0.6 is 0 Å². The second-order valence-corrected chi connectivity index (χ2v) is 7.25. The molecule has 0 spiro atoms. The second kappa shape index (κ2) is 7.58. The van der Waals surface area contributed by atoms with E-state index >= 15 is 0 Å². The lowest BCUT2D eigenvalue weighted by Crippen LogP contribution is -2.54. The minimum atomic E-state index is -4.86. The van der Waals surface area contributed by atoms with Gasteiger partial charge in [-0.25, -0.2) is 13.1 Å². The molecule has 0 unspecified atom stereocenters. The fourth-order valence-corrected chi connectivity index (χ4v) is 3.35. The zero-order chi connectivity index (χ0) is 18.7. The fourth-order valence-electron chi connectivity index (χ4n) is 2.37. The first kappa shape index (κ1) is 19.5. The van der Waals surface area contributed by atoms with E-state index in [1.54, 1.807) is 4.90 Å². The van der Waals surface area contributed by atoms with Crippen molar-refractivity contribution in [1.29, 1.82) is 0 Å². The van der Waals surface area contributed by atoms with Crippen molar-refractivity contribution in [3.63, 3.8) is 0 Å². The number of carbonyl (C=O) groups is 1. The molecule has 1 aromatic carbocycles. The predicted molar refractivity (Wildman–Crippen MR) is 82.4 cm³/mol. The quantitative estimate of drug-likeness (QED) is 0.783. The smallest absolute Gasteiger partial charge is 0.406 e. The Bertz CT molecular complexity index is 707. The largest absolute Gasteiger partial charge is 0.573 e. The van der Waals surface area contributed by atoms with Crippen LogP contribution in [0.3, 0.4) is 0 Å². The summed E-state index contributed by atoms with van der Waals surface area (Å²) in [4.78, 5) is 13.4. The molecular weight excluding hydrogens is 363 g/mol. The van der Waals surface area contributed by atoms with Crippen LogP contribution in [0.1, 0.15) is 6.92 Å². The number of piperazine rings is 1. The molecule has 2 rings (SSSR count). The molecule has 1 aromatic rings. The molecule has 0 aromatic heterocycles. The fraction of sp³-hybridized carbons (Fsp3) is 0.500. The van der Waals surface area contributed by atoms with Gasteiger partial charge in [0.15, 0.2) is 0 Å². The van der Waals surface area contributed by atoms with Crippen LogP contribution < -0.4 is 14.8 Å². The van der Waals surface area contributed by atoms with E-state index in [1.807, 2.05) is 6.92 Å². The van der Waals surface area contributed by atoms with Crippen molar-refractivity contribution >= 4 is 15.9 Å². The maximum absolute atomic E-state index is 12.1. The molecule has 0 bridgehead atoms. The van der Waals surface area contributed by atoms with Crippen LogP contribution in [0.15, 0.2) is 29.2 Å². The molecule has 7 nitrogen and oxygen atoms in total. The number of hydrogen-bond acceptors (Lipinski definition) is 5. The average Bonchev–Trinajstić information content (AvgIpc) is 2.52. The third-order valence-corrected chi connectivity index (χ3v) is 5.02. The number of benzene rings is 1. The Morgan fingerprint density at radius 3 is 2.56 bits per heavy atom. The first-order chi connectivity index (χ1) is 11.6. The van der Waals surface area contributed by atoms with Crippen molar-refractivity contribution in [3.8, 4) is 5.75 Å². The first-order valence-corrected chi connectivity index (χ1v) is 8.92. The molecule has 0 radical (unpaired) electrons. The third kappa shape index (κ3) is 5.58. The SMILES string of the molecule is C[C@@H]1CNCCN1C(=O)CNS(=O)(=O)c1ccc(OC(F)(F)F)cc1. The summed E-state index contributed by atoms with van der Waals surface area (Å²) < 4.78 is 66.4. The van der Waals surface area contributed by atoms with E-state index in [2.05, 4.69) is 14.8 Å². The van der Waals surface area contributed by atoms with Crippen LogP contribution in [0.25, 0.3) is 0 Å². The summed E-state index contributed by atoms with van der Waals surface area (Å²) in [6.07, 6.45) is -4.86. The molecule has 1 aliphatic rings. The number of nitrogens with one attached hydrogen (secondary N) is 2. The Kier molecular flexibility index (Phi) is 5.91. The van der Waals surface area contributed by atoms with Gasteiger partial charge in [0.2, 0.25) is 15.9 Å². The van der Waals surface area contributed by atoms with Gasteiger partial charge in [0.1, 0.15) is 5.75 Å². The molecule has 140 valence electrons. The van der Waals surface area contributed by atoms with Crippen LogP contribution in [0, 0.1) is 0 Å². The van der Waals surface area contributed by atoms with E-state index in [4.69, 9.17) is 0 Å². The van der Waals surface area contributed by atoms with E-state index in [-0.39, 0.29) is 16.8 Å². The van der Waals surface area contributed by atoms with Gasteiger partial charge >= 0.3 is 6.36 Å². The van der Waals surface area contributed by atoms with Crippen molar-refractivity contribution < 1.29 is 31.1 Å². The summed E-state index contributed by atoms with van der Waals surface area (Å²) in [6, 6.07) is 3.68. The highest BCUT2D eigenvalue weighted by Crippen LogP contribution is 2.23. The molecular formula is C14H18F3N3O4S. The number of ether oxygens (including phenoxy) is 1. The van der Waals surface area contributed by atoms with E-state index in [0.29, 0.717) is 19.6 Å². The molecule has 1 saturated heterocycles. The van der Waals surface area contributed by atoms with Crippen LogP contribution in [0.4, 0.5) is 13.2 Å². The maximum Gasteiger partial charge on any atom is 0.573 e. The van der Waals surface area contributed by atoms with E-state index in [0.717, 1.165) is 24.3 Å². The lowest BCUT2D eigenvalue weighted by atomic mass is 10.2. The highest BCUT2D eigenvalue weighted by molar-refractivity contribution is 7.89. The zero-order valence-electron chi connectivity index (χ0n) is 13.3. The van der Waals surface area contributed by atoms with Crippen molar-refractivity contribution in [2.45, 2.75) is 24.2 Å². The Morgan fingerprint density at radius 2 is 2.00 bits per heavy atom. The molecule has 11 heteroatoms. The van der Waals surface area contributed by atoms with E-state index < -0.39 is 28.7 Å². The lowest BCUT2D eigenvalue weighted by Gasteiger charge is -2.34. The van der Waals surface area contributed by atoms with Crippen LogP contribution in [-0.4, -0.2) is 57.8 Å². The standard InChI is InChI=1S/C14H18F3N3O4S/c1-10-8-18-6-7-20(10)13(21)9-19-25(22,23)12-4-2-11(3-5-12)24-14(15,16)17/h2-5,10,18-19H,6-9H2,1H3/t10-/m1/s1. The number of halogens is 3. The van der Waals surface area contributed by atoms with E-state index in [1.165, 1.54) is 0 Å². The normalized spacial score (nSPS) is 18.9. The Hall–Kier alpha value is -1.85. The number of rotatable bonds is 5. The minimum absolute atomic E-state index is 0.0513. The molecule has 1 aliphatic heterocycles. The molecule has 1 fully saturated rings. The Balaban J connectivity index is 1.98. The highest BCUT2D eigenvalue weighted by Gasteiger charge is 2.31. The number of alkyl halides is 3. The maximum atomic E-state index is 12.1. The lowest BCUT2D eigenvalue weighted by molar-refractivity contribution is -0.274. The number of amides is 1. The molecule has 1 amide bonds. The van der Waals surface area contributed by atoms with Gasteiger partial charge in [0.05, 0.1) is 11.4 Å². The van der Waals surface area contributed by atoms with Gasteiger partial charge < -0.3 is 15.0 Å². The third-order valence-electron chi connectivity index (χ3n) is 3.60. The second-order valence-electron chi connectivity index (χ2n) is 5.48. The zero-order valence-corrected chi connectivity index (χ0v) is 14.2. The number of carbonyl (C=O) groups excluding carboxylic acids is 1. The van der Waals surface area contributed by atoms with Crippen LogP contribution in [0.5, 0.6) is 5.75 Å². The topological polar surface area (TPSA) is 87.7 Å². The van der Waals surface area contributed by atoms with Crippen molar-refractivity contribution in [3.05, 3.63) is 24.3 Å². The van der Waals surface area contributed by atoms with E-state index in [9.17, 15) is 26.4 Å². The molecule has 2 N–H and O–H groups in total. The van der Waals surface area contributed by atoms with Gasteiger partial charge in [-0.3, -0.25) is 4.79 Å². The summed E-state index contributed by atoms with van der Waals surface area (Å²) in [6.45, 7) is 3.15. The molecule has 1 heterocycles. The van der Waals surface area contributed by atoms with Crippen molar-refractivity contribution in [2.24, 2.45) is 0 Å². The first-order valence-electron chi connectivity index (χ1n) is 7.44. The predicted octanol–water partition coefficient (Wildman–Crippen LogP) is 0.684. The summed E-state index contributed by atoms with van der Waals surface area (Å²) in [5.41, 5.74) is 0. The van der Waals surface area contributed by atoms with Gasteiger partial charge in [-0.05, 0) is 31.2 Å². The van der Waals surface area contributed by atoms with Gasteiger partial charge in [-0.1, -0.05) is 0 Å². The number of hydrogen-bond donors (Lipinski definition) is 2. The highest BCUT2D eigenvalue weighted by atomic mass is 32.2. The number of sulfonamides is 1. The summed E-state index contributed by atoms with van der Waals surface area (Å²) >= 11 is 0. The monoisotopic (exact) mass is 381 g/mol. The molecule has 0 saturated carbocycles. The van der Waals surface area contributed by atoms with Gasteiger partial charge in [-0.2, -0.15) is 0 Å². The summed E-state index contributed by atoms with van der Waals surface area (Å²) in [5.74, 6) is -0.897. The summed E-state index contributed by atoms with van der Waals surface area (Å²) in [7, 11) is -4.02. The Morgan fingerprint density at radius 1 is 1.36 bits per heavy atom. The minimum Gasteiger partial charge on any atom is -0.406 e. The van der Waals surface area contributed by atoms with Crippen molar-refractivity contribution in [2.75, 3.05) is 26.2 Å². The van der Waals surface area contributed by atoms with Gasteiger partial charge in [0, 0.05) is 25.7 Å². The van der Waals surface area contributed by atoms with Gasteiger partial charge in [0.25, 0.3) is 0 Å². The number of nitrogens with zero attached hydrogens (tertiary/aromatic N) is 1. The Labute approximate surface area is 143 Å². The molecule has 0 aliphatic carbocycles. The van der Waals surface area contributed by atoms with Gasteiger partial charge in [-0.15, -0.1) is 13.2 Å². The average molecular weight is 381 g/mol. The molecule has 1 atom stereocenters. The molecule has 25 heavy (non-hydrogen) atoms. The van der Waals surface area contributed by atoms with Crippen LogP contribution in [0.2, 0.25) is 0 Å². The van der Waals surface area contributed by atoms with Crippen LogP contribution in [-0.2, 0) is 14.8 Å². The van der Waals surface area contributed by atoms with Crippen molar-refractivity contribution in [1.82, 2.24) is 14.9 Å².